The summed E-state index contributed by atoms with van der Waals surface area (Å²) in [4.78, 5) is 44.8. The van der Waals surface area contributed by atoms with Gasteiger partial charge in [0.25, 0.3) is 5.91 Å². The van der Waals surface area contributed by atoms with Crippen LogP contribution in [0.3, 0.4) is 0 Å². The third-order valence-corrected chi connectivity index (χ3v) is 7.43. The molecule has 0 aliphatic carbocycles. The number of nitrogen functional groups attached to an aromatic ring is 2. The van der Waals surface area contributed by atoms with Gasteiger partial charge in [-0.3, -0.25) is 19.6 Å². The molecule has 1 amide bonds. The van der Waals surface area contributed by atoms with Gasteiger partial charge in [0.05, 0.1) is 23.1 Å². The van der Waals surface area contributed by atoms with Crippen LogP contribution >= 0.6 is 0 Å². The van der Waals surface area contributed by atoms with E-state index in [4.69, 9.17) is 16.5 Å². The lowest BCUT2D eigenvalue weighted by Gasteiger charge is -2.32. The molecule has 0 unspecified atom stereocenters. The van der Waals surface area contributed by atoms with Crippen LogP contribution < -0.4 is 11.5 Å². The fourth-order valence-corrected chi connectivity index (χ4v) is 5.30. The molecule has 0 spiro atoms. The molecule has 4 N–H and O–H groups in total. The SMILES string of the molecule is Nc1cccnc1C(=O)N1CCC(c2nc3c(C4=CN=C(c5cccnc5)CC4)cnn3c(N)c2C=O)CC1. The molecule has 4 aromatic rings. The van der Waals surface area contributed by atoms with Crippen molar-refractivity contribution in [1.82, 2.24) is 29.5 Å². The number of amides is 1. The molecule has 11 nitrogen and oxygen atoms in total. The Morgan fingerprint density at radius 1 is 1.05 bits per heavy atom. The Bertz CT molecular complexity index is 1630. The maximum Gasteiger partial charge on any atom is 0.274 e. The molecule has 2 aliphatic rings. The van der Waals surface area contributed by atoms with Gasteiger partial charge in [0, 0.05) is 60.6 Å². The first-order chi connectivity index (χ1) is 19.0. The first kappa shape index (κ1) is 24.4. The zero-order valence-corrected chi connectivity index (χ0v) is 21.2. The van der Waals surface area contributed by atoms with E-state index in [1.54, 1.807) is 35.6 Å². The van der Waals surface area contributed by atoms with Crippen molar-refractivity contribution >= 4 is 40.6 Å². The predicted octanol–water partition coefficient (Wildman–Crippen LogP) is 3.14. The number of anilines is 2. The Labute approximate surface area is 224 Å². The van der Waals surface area contributed by atoms with Crippen molar-refractivity contribution in [3.8, 4) is 0 Å². The summed E-state index contributed by atoms with van der Waals surface area (Å²) in [5.41, 5.74) is 18.4. The molecule has 6 rings (SSSR count). The number of pyridine rings is 2. The Morgan fingerprint density at radius 2 is 1.87 bits per heavy atom. The summed E-state index contributed by atoms with van der Waals surface area (Å²) in [6.07, 6.45) is 12.2. The number of fused-ring (bicyclic) bond motifs is 1. The van der Waals surface area contributed by atoms with Gasteiger partial charge >= 0.3 is 0 Å². The van der Waals surface area contributed by atoms with E-state index in [1.807, 2.05) is 24.5 Å². The minimum absolute atomic E-state index is 0.0408. The molecule has 39 heavy (non-hydrogen) atoms. The molecule has 4 aromatic heterocycles. The minimum atomic E-state index is -0.196. The van der Waals surface area contributed by atoms with Crippen molar-refractivity contribution in [2.24, 2.45) is 4.99 Å². The highest BCUT2D eigenvalue weighted by molar-refractivity contribution is 6.03. The molecular formula is C28H27N9O2. The highest BCUT2D eigenvalue weighted by atomic mass is 16.2. The second kappa shape index (κ2) is 10.1. The maximum absolute atomic E-state index is 13.0. The smallest absolute Gasteiger partial charge is 0.274 e. The molecule has 0 aromatic carbocycles. The molecule has 0 saturated carbocycles. The number of piperidine rings is 1. The fraction of sp³-hybridized carbons (Fsp3) is 0.250. The van der Waals surface area contributed by atoms with Crippen LogP contribution in [-0.2, 0) is 0 Å². The van der Waals surface area contributed by atoms with Crippen LogP contribution in [0, 0.1) is 0 Å². The number of nitrogens with two attached hydrogens (primary N) is 2. The lowest BCUT2D eigenvalue weighted by Crippen LogP contribution is -2.39. The zero-order chi connectivity index (χ0) is 26.9. The van der Waals surface area contributed by atoms with Crippen LogP contribution in [0.4, 0.5) is 11.5 Å². The summed E-state index contributed by atoms with van der Waals surface area (Å²) < 4.78 is 1.52. The average Bonchev–Trinajstić information content (AvgIpc) is 3.42. The molecular weight excluding hydrogens is 494 g/mol. The van der Waals surface area contributed by atoms with Gasteiger partial charge in [-0.2, -0.15) is 9.61 Å². The quantitative estimate of drug-likeness (QED) is 0.379. The van der Waals surface area contributed by atoms with E-state index >= 15 is 0 Å². The number of rotatable bonds is 5. The number of aromatic nitrogens is 5. The molecule has 1 saturated heterocycles. The van der Waals surface area contributed by atoms with Gasteiger partial charge in [0.1, 0.15) is 5.82 Å². The number of hydrogen-bond acceptors (Lipinski definition) is 9. The summed E-state index contributed by atoms with van der Waals surface area (Å²) >= 11 is 0. The van der Waals surface area contributed by atoms with Gasteiger partial charge in [0.2, 0.25) is 0 Å². The van der Waals surface area contributed by atoms with Crippen LogP contribution in [0.2, 0.25) is 0 Å². The van der Waals surface area contributed by atoms with E-state index < -0.39 is 0 Å². The largest absolute Gasteiger partial charge is 0.397 e. The van der Waals surface area contributed by atoms with Crippen LogP contribution in [0.25, 0.3) is 11.2 Å². The van der Waals surface area contributed by atoms with Crippen LogP contribution in [0.1, 0.15) is 69.3 Å². The van der Waals surface area contributed by atoms with Gasteiger partial charge in [-0.25, -0.2) is 9.97 Å². The lowest BCUT2D eigenvalue weighted by atomic mass is 9.90. The number of allylic oxidation sites excluding steroid dienone is 1. The molecule has 0 radical (unpaired) electrons. The predicted molar refractivity (Wildman–Crippen MR) is 147 cm³/mol. The topological polar surface area (TPSA) is 158 Å². The van der Waals surface area contributed by atoms with Gasteiger partial charge in [0.15, 0.2) is 17.6 Å². The van der Waals surface area contributed by atoms with E-state index in [-0.39, 0.29) is 23.3 Å². The first-order valence-corrected chi connectivity index (χ1v) is 12.8. The van der Waals surface area contributed by atoms with Crippen molar-refractivity contribution in [3.05, 3.63) is 83.3 Å². The maximum atomic E-state index is 13.0. The van der Waals surface area contributed by atoms with E-state index in [9.17, 15) is 9.59 Å². The number of carbonyl (C=O) groups is 2. The Morgan fingerprint density at radius 3 is 2.56 bits per heavy atom. The third kappa shape index (κ3) is 4.41. The summed E-state index contributed by atoms with van der Waals surface area (Å²) in [5.74, 6) is 0.0199. The van der Waals surface area contributed by atoms with E-state index in [1.165, 1.54) is 4.52 Å². The first-order valence-electron chi connectivity index (χ1n) is 12.8. The highest BCUT2D eigenvalue weighted by Gasteiger charge is 2.30. The second-order valence-electron chi connectivity index (χ2n) is 9.69. The van der Waals surface area contributed by atoms with Crippen LogP contribution in [0.15, 0.2) is 60.2 Å². The Kier molecular flexibility index (Phi) is 6.31. The standard InChI is InChI=1S/C28H27N9O2/c29-22-4-2-10-32-25(22)28(39)36-11-7-17(8-12-36)24-21(16-38)26(30)37-27(35-24)20(15-34-37)18-5-6-23(33-14-18)19-3-1-9-31-13-19/h1-4,9-10,13-17H,5-8,11-12,29-30H2. The molecule has 2 aliphatic heterocycles. The summed E-state index contributed by atoms with van der Waals surface area (Å²) in [6.45, 7) is 0.987. The zero-order valence-electron chi connectivity index (χ0n) is 21.2. The Hall–Kier alpha value is -4.93. The van der Waals surface area contributed by atoms with E-state index in [2.05, 4.69) is 20.1 Å². The van der Waals surface area contributed by atoms with Gasteiger partial charge < -0.3 is 16.4 Å². The third-order valence-electron chi connectivity index (χ3n) is 7.43. The number of likely N-dealkylation sites (tertiary alicyclic amines) is 1. The number of nitrogens with zero attached hydrogens (tertiary/aromatic N) is 7. The highest BCUT2D eigenvalue weighted by Crippen LogP contribution is 2.34. The normalized spacial score (nSPS) is 16.2. The van der Waals surface area contributed by atoms with Crippen LogP contribution in [-0.4, -0.2) is 60.5 Å². The summed E-state index contributed by atoms with van der Waals surface area (Å²) in [5, 5.41) is 4.44. The van der Waals surface area contributed by atoms with Crippen molar-refractivity contribution in [3.63, 3.8) is 0 Å². The average molecular weight is 522 g/mol. The summed E-state index contributed by atoms with van der Waals surface area (Å²) in [6, 6.07) is 7.27. The molecule has 196 valence electrons. The van der Waals surface area contributed by atoms with Gasteiger partial charge in [-0.1, -0.05) is 6.07 Å². The minimum Gasteiger partial charge on any atom is -0.397 e. The molecule has 0 atom stereocenters. The van der Waals surface area contributed by atoms with Crippen molar-refractivity contribution < 1.29 is 9.59 Å². The molecule has 0 bridgehead atoms. The molecule has 6 heterocycles. The van der Waals surface area contributed by atoms with E-state index in [0.29, 0.717) is 48.5 Å². The van der Waals surface area contributed by atoms with Crippen molar-refractivity contribution in [2.75, 3.05) is 24.6 Å². The monoisotopic (exact) mass is 521 g/mol. The fourth-order valence-electron chi connectivity index (χ4n) is 5.30. The second-order valence-corrected chi connectivity index (χ2v) is 9.69. The van der Waals surface area contributed by atoms with Crippen molar-refractivity contribution in [2.45, 2.75) is 31.6 Å². The summed E-state index contributed by atoms with van der Waals surface area (Å²) in [7, 11) is 0. The van der Waals surface area contributed by atoms with Crippen molar-refractivity contribution in [1.29, 1.82) is 0 Å². The number of aliphatic imine (C=N–C) groups is 1. The lowest BCUT2D eigenvalue weighted by molar-refractivity contribution is 0.0706. The number of aldehydes is 1. The molecule has 1 fully saturated rings. The van der Waals surface area contributed by atoms with Crippen LogP contribution in [0.5, 0.6) is 0 Å². The van der Waals surface area contributed by atoms with Gasteiger partial charge in [-0.15, -0.1) is 0 Å². The number of hydrogen-bond donors (Lipinski definition) is 2. The Balaban J connectivity index is 1.29. The molecule has 11 heteroatoms. The van der Waals surface area contributed by atoms with E-state index in [0.717, 1.165) is 41.5 Å². The number of carbonyl (C=O) groups excluding carboxylic acids is 2. The van der Waals surface area contributed by atoms with Gasteiger partial charge in [-0.05, 0) is 49.5 Å².